The van der Waals surface area contributed by atoms with Crippen LogP contribution in [0.2, 0.25) is 0 Å². The van der Waals surface area contributed by atoms with Gasteiger partial charge in [-0.3, -0.25) is 9.59 Å². The maximum absolute atomic E-state index is 12.2. The zero-order chi connectivity index (χ0) is 50.3. The van der Waals surface area contributed by atoms with Gasteiger partial charge in [-0.05, 0) is 204 Å². The average Bonchev–Trinajstić information content (AvgIpc) is 4.15. The van der Waals surface area contributed by atoms with Gasteiger partial charge in [0.05, 0.1) is 13.2 Å². The average molecular weight is 987 g/mol. The van der Waals surface area contributed by atoms with Gasteiger partial charge in [0.1, 0.15) is 23.7 Å². The molecule has 370 valence electrons. The summed E-state index contributed by atoms with van der Waals surface area (Å²) in [5.74, 6) is 1.89. The molecular formula is C63H70O6S2. The van der Waals surface area contributed by atoms with Crippen molar-refractivity contribution in [2.24, 2.45) is 11.8 Å². The van der Waals surface area contributed by atoms with Crippen LogP contribution < -0.4 is 9.47 Å². The van der Waals surface area contributed by atoms with Crippen molar-refractivity contribution in [3.05, 3.63) is 171 Å². The molecule has 4 aromatic carbocycles. The highest BCUT2D eigenvalue weighted by Crippen LogP contribution is 2.56. The van der Waals surface area contributed by atoms with Gasteiger partial charge in [-0.25, -0.2) is 0 Å². The summed E-state index contributed by atoms with van der Waals surface area (Å²) in [7, 11) is 0. The molecule has 2 atom stereocenters. The number of benzene rings is 4. The Morgan fingerprint density at radius 2 is 0.859 bits per heavy atom. The Labute approximate surface area is 430 Å². The first kappa shape index (κ1) is 52.6. The largest absolute Gasteiger partial charge is 0.494 e. The van der Waals surface area contributed by atoms with Crippen molar-refractivity contribution in [2.75, 3.05) is 13.2 Å². The number of fused-ring (bicyclic) bond motifs is 3. The summed E-state index contributed by atoms with van der Waals surface area (Å²) in [4.78, 5) is 29.3. The molecule has 0 saturated heterocycles. The predicted molar refractivity (Wildman–Crippen MR) is 298 cm³/mol. The minimum absolute atomic E-state index is 0.0553. The van der Waals surface area contributed by atoms with Crippen molar-refractivity contribution in [3.63, 3.8) is 0 Å². The van der Waals surface area contributed by atoms with E-state index in [9.17, 15) is 9.59 Å². The molecule has 0 radical (unpaired) electrons. The quantitative estimate of drug-likeness (QED) is 0.0360. The van der Waals surface area contributed by atoms with Crippen LogP contribution in [0.1, 0.15) is 103 Å². The van der Waals surface area contributed by atoms with Crippen LogP contribution in [0.15, 0.2) is 160 Å². The van der Waals surface area contributed by atoms with Gasteiger partial charge >= 0.3 is 11.9 Å². The predicted octanol–water partition coefficient (Wildman–Crippen LogP) is 17.3. The number of hydrogen-bond donors (Lipinski definition) is 0. The van der Waals surface area contributed by atoms with E-state index in [1.807, 2.05) is 22.7 Å². The van der Waals surface area contributed by atoms with Crippen molar-refractivity contribution in [1.29, 1.82) is 0 Å². The molecule has 2 heterocycles. The van der Waals surface area contributed by atoms with Crippen LogP contribution >= 0.6 is 22.7 Å². The molecule has 0 fully saturated rings. The Bertz CT molecular complexity index is 2550. The second-order valence-corrected chi connectivity index (χ2v) is 21.1. The number of thiophene rings is 2. The minimum Gasteiger partial charge on any atom is -0.494 e. The van der Waals surface area contributed by atoms with Crippen LogP contribution in [0.3, 0.4) is 0 Å². The molecule has 6 aromatic rings. The van der Waals surface area contributed by atoms with E-state index in [2.05, 4.69) is 163 Å². The molecule has 8 heteroatoms. The normalized spacial score (nSPS) is 13.2. The second kappa shape index (κ2) is 25.2. The minimum atomic E-state index is -0.442. The number of hydrogen-bond acceptors (Lipinski definition) is 8. The molecule has 2 aromatic heterocycles. The molecule has 0 unspecified atom stereocenters. The van der Waals surface area contributed by atoms with Gasteiger partial charge in [-0.2, -0.15) is 0 Å². The summed E-state index contributed by atoms with van der Waals surface area (Å²) in [6.45, 7) is 24.8. The second-order valence-electron chi connectivity index (χ2n) is 18.9. The molecule has 0 saturated carbocycles. The van der Waals surface area contributed by atoms with E-state index in [4.69, 9.17) is 18.9 Å². The van der Waals surface area contributed by atoms with Gasteiger partial charge in [-0.15, -0.1) is 22.7 Å². The number of ether oxygens (including phenoxy) is 4. The summed E-state index contributed by atoms with van der Waals surface area (Å²) in [5, 5.41) is 0. The highest BCUT2D eigenvalue weighted by Gasteiger charge is 2.42. The lowest BCUT2D eigenvalue weighted by atomic mass is 9.71. The molecular weight excluding hydrogens is 917 g/mol. The molecule has 0 amide bonds. The van der Waals surface area contributed by atoms with Gasteiger partial charge in [0, 0.05) is 37.8 Å². The van der Waals surface area contributed by atoms with Crippen LogP contribution in [-0.2, 0) is 24.5 Å². The van der Waals surface area contributed by atoms with E-state index in [0.29, 0.717) is 37.9 Å². The first-order valence-corrected chi connectivity index (χ1v) is 27.0. The molecule has 1 aliphatic carbocycles. The van der Waals surface area contributed by atoms with Gasteiger partial charge < -0.3 is 18.9 Å². The van der Waals surface area contributed by atoms with Gasteiger partial charge in [0.2, 0.25) is 0 Å². The molecule has 0 N–H and O–H groups in total. The van der Waals surface area contributed by atoms with Crippen LogP contribution in [0, 0.1) is 11.8 Å². The van der Waals surface area contributed by atoms with E-state index in [1.54, 1.807) is 24.3 Å². The number of carbonyl (C=O) groups excluding carboxylic acids is 2. The van der Waals surface area contributed by atoms with E-state index in [-0.39, 0.29) is 17.4 Å². The molecule has 0 aliphatic heterocycles. The van der Waals surface area contributed by atoms with E-state index < -0.39 is 12.2 Å². The third-order valence-electron chi connectivity index (χ3n) is 13.7. The zero-order valence-corrected chi connectivity index (χ0v) is 43.7. The maximum atomic E-state index is 12.2. The van der Waals surface area contributed by atoms with Crippen molar-refractivity contribution in [2.45, 2.75) is 110 Å². The highest BCUT2D eigenvalue weighted by atomic mass is 32.1. The Morgan fingerprint density at radius 3 is 1.21 bits per heavy atom. The van der Waals surface area contributed by atoms with E-state index in [0.717, 1.165) is 62.9 Å². The Hall–Kier alpha value is -6.22. The van der Waals surface area contributed by atoms with Crippen molar-refractivity contribution < 1.29 is 28.5 Å². The smallest absolute Gasteiger partial charge is 0.306 e. The maximum Gasteiger partial charge on any atom is 0.306 e. The molecule has 1 aliphatic rings. The lowest BCUT2D eigenvalue weighted by Crippen LogP contribution is -2.25. The monoisotopic (exact) mass is 986 g/mol. The van der Waals surface area contributed by atoms with Gasteiger partial charge in [0.15, 0.2) is 0 Å². The Kier molecular flexibility index (Phi) is 18.7. The van der Waals surface area contributed by atoms with Crippen molar-refractivity contribution in [3.8, 4) is 64.4 Å². The summed E-state index contributed by atoms with van der Waals surface area (Å²) < 4.78 is 22.9. The fourth-order valence-electron chi connectivity index (χ4n) is 9.63. The van der Waals surface area contributed by atoms with Crippen molar-refractivity contribution >= 4 is 34.6 Å². The third kappa shape index (κ3) is 13.2. The molecule has 71 heavy (non-hydrogen) atoms. The zero-order valence-electron chi connectivity index (χ0n) is 42.1. The molecule has 0 bridgehead atoms. The molecule has 0 spiro atoms. The van der Waals surface area contributed by atoms with E-state index in [1.165, 1.54) is 64.0 Å². The van der Waals surface area contributed by atoms with Crippen LogP contribution in [-0.4, -0.2) is 37.4 Å². The molecule has 6 nitrogen and oxygen atoms in total. The summed E-state index contributed by atoms with van der Waals surface area (Å²) >= 11 is 3.67. The topological polar surface area (TPSA) is 71.1 Å². The molecule has 7 rings (SSSR count). The summed E-state index contributed by atoms with van der Waals surface area (Å²) in [6.07, 6.45) is 13.7. The standard InChI is InChI=1S/C63H70O6S2/c1-9-37-63(38-10-2)55-41-47(59-31-29-57(70-59)45-17-23-51(24-18-45)66-39-35-43(7)15-33-61(64)68-49(11-3)12-4)21-27-53(55)54-28-22-48(42-56(54)63)60-32-30-58(71-60)46-19-25-52(26-20-46)67-40-36-44(8)16-34-62(65)69-50(13-5)14-6/h11-14,17-32,41-44,49-50H,3-6,9-10,15-16,33-40H2,1-2,7-8H3/t43-,44-/m1/s1. The lowest BCUT2D eigenvalue weighted by molar-refractivity contribution is -0.146. The Morgan fingerprint density at radius 1 is 0.507 bits per heavy atom. The number of esters is 2. The van der Waals surface area contributed by atoms with Crippen LogP contribution in [0.25, 0.3) is 52.9 Å². The summed E-state index contributed by atoms with van der Waals surface area (Å²) in [5.41, 5.74) is 10.5. The summed E-state index contributed by atoms with van der Waals surface area (Å²) in [6, 6.07) is 40.2. The van der Waals surface area contributed by atoms with Crippen LogP contribution in [0.5, 0.6) is 11.5 Å². The Balaban J connectivity index is 0.975. The fourth-order valence-corrected chi connectivity index (χ4v) is 11.6. The number of rotatable bonds is 28. The third-order valence-corrected chi connectivity index (χ3v) is 16.0. The first-order valence-electron chi connectivity index (χ1n) is 25.4. The van der Waals surface area contributed by atoms with Gasteiger partial charge in [0.25, 0.3) is 0 Å². The highest BCUT2D eigenvalue weighted by molar-refractivity contribution is 7.19. The SMILES string of the molecule is C=CC(C=C)OC(=O)CC[C@@H](C)CCOc1ccc(-c2ccc(-c3ccc4c(c3)C(CCC)(CCC)c3cc(-c5ccc(-c6ccc(OCC[C@H](C)CCC(=O)OC(C=C)C=C)cc6)s5)ccc3-4)s2)cc1. The first-order chi connectivity index (χ1) is 34.5. The van der Waals surface area contributed by atoms with Crippen molar-refractivity contribution in [1.82, 2.24) is 0 Å². The van der Waals surface area contributed by atoms with E-state index >= 15 is 0 Å². The fraction of sp³-hybridized carbons (Fsp3) is 0.333. The van der Waals surface area contributed by atoms with Gasteiger partial charge in [-0.1, -0.05) is 91.1 Å². The lowest BCUT2D eigenvalue weighted by Gasteiger charge is -2.32. The number of carbonyl (C=O) groups is 2. The van der Waals surface area contributed by atoms with Crippen LogP contribution in [0.4, 0.5) is 0 Å².